The van der Waals surface area contributed by atoms with Crippen molar-refractivity contribution in [1.82, 2.24) is 19.7 Å². The number of methoxy groups -OCH3 is 1. The van der Waals surface area contributed by atoms with Gasteiger partial charge in [-0.05, 0) is 12.1 Å². The van der Waals surface area contributed by atoms with Crippen molar-refractivity contribution in [2.75, 3.05) is 31.4 Å². The lowest BCUT2D eigenvalue weighted by Crippen LogP contribution is -2.35. The van der Waals surface area contributed by atoms with Crippen LogP contribution in [0.25, 0.3) is 0 Å². The minimum Gasteiger partial charge on any atom is -0.465 e. The van der Waals surface area contributed by atoms with E-state index in [2.05, 4.69) is 29.7 Å². The number of nitrogens with one attached hydrogen (secondary N) is 3. The van der Waals surface area contributed by atoms with Crippen molar-refractivity contribution in [3.63, 3.8) is 0 Å². The quantitative estimate of drug-likeness (QED) is 0.507. The molecule has 31 heavy (non-hydrogen) atoms. The number of esters is 1. The zero-order valence-electron chi connectivity index (χ0n) is 15.8. The van der Waals surface area contributed by atoms with Crippen LogP contribution in [0, 0.1) is 0 Å². The van der Waals surface area contributed by atoms with Gasteiger partial charge < -0.3 is 14.8 Å². The molecule has 0 saturated heterocycles. The van der Waals surface area contributed by atoms with Crippen LogP contribution in [0.15, 0.2) is 29.2 Å². The summed E-state index contributed by atoms with van der Waals surface area (Å²) in [5, 5.41) is 4.35. The van der Waals surface area contributed by atoms with Crippen LogP contribution in [0.3, 0.4) is 0 Å². The highest BCUT2D eigenvalue weighted by atomic mass is 32.2. The number of nitrogens with zero attached hydrogens (tertiary/aromatic N) is 3. The van der Waals surface area contributed by atoms with E-state index in [0.29, 0.717) is 0 Å². The van der Waals surface area contributed by atoms with E-state index >= 15 is 0 Å². The van der Waals surface area contributed by atoms with E-state index in [4.69, 9.17) is 0 Å². The number of carbonyl (C=O) groups is 2. The van der Waals surface area contributed by atoms with E-state index in [1.807, 2.05) is 5.32 Å². The van der Waals surface area contributed by atoms with Gasteiger partial charge in [-0.1, -0.05) is 12.1 Å². The third-order valence-corrected chi connectivity index (χ3v) is 4.63. The molecule has 0 saturated carbocycles. The van der Waals surface area contributed by atoms with Gasteiger partial charge in [0.05, 0.1) is 12.7 Å². The van der Waals surface area contributed by atoms with Gasteiger partial charge in [-0.2, -0.15) is 28.1 Å². The Kier molecular flexibility index (Phi) is 7.16. The molecular weight excluding hydrogens is 449 g/mol. The minimum atomic E-state index is -4.67. The van der Waals surface area contributed by atoms with Crippen LogP contribution in [0.4, 0.5) is 29.9 Å². The van der Waals surface area contributed by atoms with Crippen molar-refractivity contribution < 1.29 is 40.7 Å². The predicted molar refractivity (Wildman–Crippen MR) is 98.0 cm³/mol. The second kappa shape index (κ2) is 9.41. The van der Waals surface area contributed by atoms with E-state index in [1.54, 1.807) is 4.72 Å². The Morgan fingerprint density at radius 2 is 1.74 bits per heavy atom. The Labute approximate surface area is 173 Å². The number of aromatic nitrogens is 3. The van der Waals surface area contributed by atoms with Crippen LogP contribution in [-0.4, -0.2) is 62.3 Å². The summed E-state index contributed by atoms with van der Waals surface area (Å²) in [6.45, 7) is -1.70. The molecule has 0 spiro atoms. The van der Waals surface area contributed by atoms with Gasteiger partial charge in [0, 0.05) is 7.05 Å². The number of halogens is 3. The third-order valence-electron chi connectivity index (χ3n) is 3.24. The number of ether oxygens (including phenoxy) is 2. The van der Waals surface area contributed by atoms with Gasteiger partial charge in [0.15, 0.2) is 6.61 Å². The highest BCUT2D eigenvalue weighted by Gasteiger charge is 2.29. The third kappa shape index (κ3) is 6.66. The molecule has 2 amide bonds. The first-order chi connectivity index (χ1) is 14.4. The van der Waals surface area contributed by atoms with E-state index in [9.17, 15) is 31.2 Å². The van der Waals surface area contributed by atoms with Crippen LogP contribution in [0.2, 0.25) is 0 Å². The Balaban J connectivity index is 2.21. The summed E-state index contributed by atoms with van der Waals surface area (Å²) in [5.74, 6) is -1.82. The summed E-state index contributed by atoms with van der Waals surface area (Å²) in [6, 6.07) is 2.80. The predicted octanol–water partition coefficient (Wildman–Crippen LogP) is 1.15. The molecule has 0 fully saturated rings. The van der Waals surface area contributed by atoms with E-state index in [-0.39, 0.29) is 11.5 Å². The highest BCUT2D eigenvalue weighted by molar-refractivity contribution is 7.90. The fourth-order valence-electron chi connectivity index (χ4n) is 2.02. The first-order valence-corrected chi connectivity index (χ1v) is 9.58. The van der Waals surface area contributed by atoms with Crippen molar-refractivity contribution in [2.24, 2.45) is 0 Å². The van der Waals surface area contributed by atoms with Crippen LogP contribution < -0.4 is 20.1 Å². The number of hydrogen-bond donors (Lipinski definition) is 3. The average Bonchev–Trinajstić information content (AvgIpc) is 2.70. The molecule has 0 aliphatic heterocycles. The van der Waals surface area contributed by atoms with Gasteiger partial charge in [-0.3, -0.25) is 5.32 Å². The lowest BCUT2D eigenvalue weighted by atomic mass is 10.2. The number of benzene rings is 1. The van der Waals surface area contributed by atoms with Crippen molar-refractivity contribution in [3.05, 3.63) is 29.8 Å². The number of sulfonamides is 1. The van der Waals surface area contributed by atoms with Gasteiger partial charge in [0.25, 0.3) is 10.0 Å². The molecule has 1 aromatic heterocycles. The smallest absolute Gasteiger partial charge is 0.422 e. The Hall–Kier alpha value is -3.69. The normalized spacial score (nSPS) is 11.4. The number of anilines is 2. The van der Waals surface area contributed by atoms with E-state index in [0.717, 1.165) is 13.2 Å². The molecule has 3 N–H and O–H groups in total. The van der Waals surface area contributed by atoms with Gasteiger partial charge >= 0.3 is 24.2 Å². The monoisotopic (exact) mass is 464 g/mol. The molecule has 0 aliphatic carbocycles. The van der Waals surface area contributed by atoms with Crippen molar-refractivity contribution in [2.45, 2.75) is 11.1 Å². The molecule has 2 aromatic rings. The number of amides is 2. The molecule has 12 nitrogen and oxygen atoms in total. The maximum Gasteiger partial charge on any atom is 0.422 e. The second-order valence-electron chi connectivity index (χ2n) is 5.47. The van der Waals surface area contributed by atoms with Crippen LogP contribution in [0.1, 0.15) is 10.4 Å². The molecular formula is C15H15F3N6O6S. The number of rotatable bonds is 7. The first-order valence-electron chi connectivity index (χ1n) is 8.09. The summed E-state index contributed by atoms with van der Waals surface area (Å²) in [6.07, 6.45) is -4.67. The molecule has 0 bridgehead atoms. The number of urea groups is 1. The molecule has 0 unspecified atom stereocenters. The van der Waals surface area contributed by atoms with E-state index in [1.165, 1.54) is 25.2 Å². The first kappa shape index (κ1) is 23.6. The molecule has 1 aromatic carbocycles. The zero-order valence-corrected chi connectivity index (χ0v) is 16.7. The molecule has 168 valence electrons. The Bertz CT molecular complexity index is 1080. The molecule has 0 aliphatic rings. The topological polar surface area (TPSA) is 162 Å². The molecule has 0 atom stereocenters. The lowest BCUT2D eigenvalue weighted by molar-refractivity contribution is -0.154. The van der Waals surface area contributed by atoms with Gasteiger partial charge in [-0.25, -0.2) is 22.7 Å². The standard InChI is InChI=1S/C15H15F3N6O6S/c1-19-11-20-12(23-14(22-11)30-7-15(16,17)18)21-13(26)24-31(27,28)9-6-4-3-5-8(9)10(25)29-2/h3-6H,7H2,1-2H3,(H3,19,20,21,22,23,24,26). The second-order valence-corrected chi connectivity index (χ2v) is 7.12. The minimum absolute atomic E-state index is 0.263. The van der Waals surface area contributed by atoms with Gasteiger partial charge in [0.2, 0.25) is 11.9 Å². The summed E-state index contributed by atoms with van der Waals surface area (Å²) >= 11 is 0. The van der Waals surface area contributed by atoms with Crippen molar-refractivity contribution in [1.29, 1.82) is 0 Å². The van der Waals surface area contributed by atoms with E-state index < -0.39 is 51.7 Å². The maximum absolute atomic E-state index is 12.5. The molecule has 1 heterocycles. The number of hydrogen-bond acceptors (Lipinski definition) is 10. The highest BCUT2D eigenvalue weighted by Crippen LogP contribution is 2.18. The summed E-state index contributed by atoms with van der Waals surface area (Å²) in [5.41, 5.74) is -0.328. The number of carbonyl (C=O) groups excluding carboxylic acids is 2. The largest absolute Gasteiger partial charge is 0.465 e. The van der Waals surface area contributed by atoms with Crippen molar-refractivity contribution in [3.8, 4) is 6.01 Å². The fourth-order valence-corrected chi connectivity index (χ4v) is 3.12. The summed E-state index contributed by atoms with van der Waals surface area (Å²) < 4.78 is 72.4. The molecule has 16 heteroatoms. The SMILES string of the molecule is CNc1nc(NC(=O)NS(=O)(=O)c2ccccc2C(=O)OC)nc(OCC(F)(F)F)n1. The molecule has 0 radical (unpaired) electrons. The number of alkyl halides is 3. The van der Waals surface area contributed by atoms with Gasteiger partial charge in [0.1, 0.15) is 4.90 Å². The van der Waals surface area contributed by atoms with Crippen LogP contribution >= 0.6 is 0 Å². The van der Waals surface area contributed by atoms with Crippen molar-refractivity contribution >= 4 is 33.9 Å². The Morgan fingerprint density at radius 1 is 1.10 bits per heavy atom. The Morgan fingerprint density at radius 3 is 2.35 bits per heavy atom. The average molecular weight is 464 g/mol. The maximum atomic E-state index is 12.5. The zero-order chi connectivity index (χ0) is 23.2. The van der Waals surface area contributed by atoms with Crippen LogP contribution in [-0.2, 0) is 14.8 Å². The lowest BCUT2D eigenvalue weighted by Gasteiger charge is -2.12. The fraction of sp³-hybridized carbons (Fsp3) is 0.267. The summed E-state index contributed by atoms with van der Waals surface area (Å²) in [4.78, 5) is 34.0. The van der Waals surface area contributed by atoms with Crippen LogP contribution in [0.5, 0.6) is 6.01 Å². The molecule has 2 rings (SSSR count). The van der Waals surface area contributed by atoms with Gasteiger partial charge in [-0.15, -0.1) is 0 Å². The summed E-state index contributed by atoms with van der Waals surface area (Å²) in [7, 11) is -2.17.